The van der Waals surface area contributed by atoms with Gasteiger partial charge in [-0.15, -0.1) is 0 Å². The predicted octanol–water partition coefficient (Wildman–Crippen LogP) is 2.07. The highest BCUT2D eigenvalue weighted by Crippen LogP contribution is 2.05. The summed E-state index contributed by atoms with van der Waals surface area (Å²) >= 11 is 2.39. The molecule has 1 atom stereocenters. The molecule has 0 bridgehead atoms. The number of alkyl halides is 1. The molecule has 0 heterocycles. The molecule has 2 nitrogen and oxygen atoms in total. The van der Waals surface area contributed by atoms with Gasteiger partial charge in [-0.3, -0.25) is 0 Å². The van der Waals surface area contributed by atoms with Crippen LogP contribution in [0.25, 0.3) is 0 Å². The summed E-state index contributed by atoms with van der Waals surface area (Å²) in [7, 11) is 1.64. The molecule has 0 unspecified atom stereocenters. The van der Waals surface area contributed by atoms with Crippen molar-refractivity contribution in [1.82, 2.24) is 0 Å². The molecule has 0 amide bonds. The second kappa shape index (κ2) is 7.75. The maximum atomic E-state index is 5.13. The highest BCUT2D eigenvalue weighted by Gasteiger charge is 1.97. The van der Waals surface area contributed by atoms with Crippen molar-refractivity contribution < 1.29 is 9.47 Å². The van der Waals surface area contributed by atoms with Gasteiger partial charge in [0.2, 0.25) is 0 Å². The molecule has 0 saturated heterocycles. The normalized spacial score (nSPS) is 13.5. The largest absolute Gasteiger partial charge is 0.359 e. The summed E-state index contributed by atoms with van der Waals surface area (Å²) in [5.74, 6) is 0.762. The summed E-state index contributed by atoms with van der Waals surface area (Å²) in [6.07, 6.45) is 1.13. The average molecular weight is 258 g/mol. The molecule has 0 fully saturated rings. The number of rotatable bonds is 6. The average Bonchev–Trinajstić information content (AvgIpc) is 1.98. The van der Waals surface area contributed by atoms with Crippen LogP contribution in [-0.4, -0.2) is 24.9 Å². The first kappa shape index (κ1) is 10.7. The van der Waals surface area contributed by atoms with Crippen LogP contribution in [0.5, 0.6) is 0 Å². The summed E-state index contributed by atoms with van der Waals surface area (Å²) in [5.41, 5.74) is 0. The maximum absolute atomic E-state index is 5.13. The van der Waals surface area contributed by atoms with Gasteiger partial charge in [0.1, 0.15) is 6.79 Å². The Balaban J connectivity index is 2.89. The second-order valence-electron chi connectivity index (χ2n) is 2.36. The fourth-order valence-corrected chi connectivity index (χ4v) is 0.944. The van der Waals surface area contributed by atoms with E-state index in [2.05, 4.69) is 29.5 Å². The van der Waals surface area contributed by atoms with Crippen molar-refractivity contribution in [2.75, 3.05) is 24.9 Å². The third kappa shape index (κ3) is 6.77. The van der Waals surface area contributed by atoms with Crippen molar-refractivity contribution in [1.29, 1.82) is 0 Å². The minimum Gasteiger partial charge on any atom is -0.359 e. The smallest absolute Gasteiger partial charge is 0.146 e. The van der Waals surface area contributed by atoms with Crippen LogP contribution in [0, 0.1) is 5.92 Å². The number of hydrogen-bond donors (Lipinski definition) is 0. The highest BCUT2D eigenvalue weighted by atomic mass is 127. The van der Waals surface area contributed by atoms with Crippen molar-refractivity contribution in [2.45, 2.75) is 13.3 Å². The van der Waals surface area contributed by atoms with Crippen LogP contribution in [0.15, 0.2) is 0 Å². The first-order chi connectivity index (χ1) is 4.81. The third-order valence-electron chi connectivity index (χ3n) is 1.22. The molecule has 0 radical (unpaired) electrons. The van der Waals surface area contributed by atoms with Crippen LogP contribution in [0.3, 0.4) is 0 Å². The Labute approximate surface area is 76.4 Å². The monoisotopic (exact) mass is 258 g/mol. The van der Waals surface area contributed by atoms with Gasteiger partial charge in [0.25, 0.3) is 0 Å². The molecular formula is C7H15IO2. The van der Waals surface area contributed by atoms with E-state index in [0.717, 1.165) is 18.9 Å². The number of ether oxygens (including phenoxy) is 2. The van der Waals surface area contributed by atoms with Gasteiger partial charge >= 0.3 is 0 Å². The van der Waals surface area contributed by atoms with Gasteiger partial charge in [0.15, 0.2) is 0 Å². The van der Waals surface area contributed by atoms with E-state index in [4.69, 9.17) is 9.47 Å². The van der Waals surface area contributed by atoms with Gasteiger partial charge in [0.05, 0.1) is 0 Å². The molecule has 0 spiro atoms. The number of methoxy groups -OCH3 is 1. The van der Waals surface area contributed by atoms with Crippen LogP contribution in [0.2, 0.25) is 0 Å². The molecule has 0 aromatic carbocycles. The minimum absolute atomic E-state index is 0.425. The van der Waals surface area contributed by atoms with Gasteiger partial charge in [-0.1, -0.05) is 29.5 Å². The zero-order valence-corrected chi connectivity index (χ0v) is 8.76. The lowest BCUT2D eigenvalue weighted by atomic mass is 10.1. The predicted molar refractivity (Wildman–Crippen MR) is 50.5 cm³/mol. The highest BCUT2D eigenvalue weighted by molar-refractivity contribution is 14.1. The molecule has 10 heavy (non-hydrogen) atoms. The van der Waals surface area contributed by atoms with Crippen molar-refractivity contribution in [2.24, 2.45) is 5.92 Å². The molecule has 0 N–H and O–H groups in total. The van der Waals surface area contributed by atoms with E-state index in [1.807, 2.05) is 0 Å². The molecule has 0 saturated carbocycles. The van der Waals surface area contributed by atoms with Gasteiger partial charge in [-0.25, -0.2) is 0 Å². The van der Waals surface area contributed by atoms with E-state index < -0.39 is 0 Å². The lowest BCUT2D eigenvalue weighted by Gasteiger charge is -2.06. The van der Waals surface area contributed by atoms with E-state index in [9.17, 15) is 0 Å². The third-order valence-corrected chi connectivity index (χ3v) is 2.72. The molecule has 0 aromatic heterocycles. The number of halogens is 1. The quantitative estimate of drug-likeness (QED) is 0.314. The Morgan fingerprint density at radius 3 is 2.70 bits per heavy atom. The number of hydrogen-bond acceptors (Lipinski definition) is 2. The van der Waals surface area contributed by atoms with E-state index in [-0.39, 0.29) is 0 Å². The lowest BCUT2D eigenvalue weighted by Crippen LogP contribution is -2.04. The van der Waals surface area contributed by atoms with E-state index in [0.29, 0.717) is 6.79 Å². The Morgan fingerprint density at radius 2 is 2.20 bits per heavy atom. The standard InChI is InChI=1S/C7H15IO2/c1-7(5-8)3-4-10-6-9-2/h7H,3-6H2,1-2H3/t7-/m1/s1. The van der Waals surface area contributed by atoms with E-state index in [1.54, 1.807) is 7.11 Å². The van der Waals surface area contributed by atoms with E-state index in [1.165, 1.54) is 4.43 Å². The SMILES string of the molecule is COCOCC[C@@H](C)CI. The Bertz CT molecular complexity index is 68.6. The molecule has 3 heteroatoms. The molecule has 62 valence electrons. The van der Waals surface area contributed by atoms with Crippen LogP contribution in [0.4, 0.5) is 0 Å². The summed E-state index contributed by atoms with van der Waals surface area (Å²) in [6.45, 7) is 3.47. The van der Waals surface area contributed by atoms with Gasteiger partial charge in [-0.2, -0.15) is 0 Å². The Hall–Kier alpha value is 0.650. The fourth-order valence-electron chi connectivity index (χ4n) is 0.504. The Kier molecular flexibility index (Phi) is 8.26. The lowest BCUT2D eigenvalue weighted by molar-refractivity contribution is -0.0333. The minimum atomic E-state index is 0.425. The van der Waals surface area contributed by atoms with Crippen LogP contribution in [-0.2, 0) is 9.47 Å². The molecule has 0 aliphatic carbocycles. The second-order valence-corrected chi connectivity index (χ2v) is 3.24. The summed E-state index contributed by atoms with van der Waals surface area (Å²) in [6, 6.07) is 0. The van der Waals surface area contributed by atoms with E-state index >= 15 is 0 Å². The van der Waals surface area contributed by atoms with Crippen LogP contribution >= 0.6 is 22.6 Å². The van der Waals surface area contributed by atoms with Crippen molar-refractivity contribution in [3.8, 4) is 0 Å². The van der Waals surface area contributed by atoms with Gasteiger partial charge < -0.3 is 9.47 Å². The zero-order valence-electron chi connectivity index (χ0n) is 6.60. The molecule has 0 aliphatic rings. The first-order valence-corrected chi connectivity index (χ1v) is 4.96. The van der Waals surface area contributed by atoms with Crippen LogP contribution in [0.1, 0.15) is 13.3 Å². The fraction of sp³-hybridized carbons (Fsp3) is 1.00. The summed E-state index contributed by atoms with van der Waals surface area (Å²) < 4.78 is 11.1. The van der Waals surface area contributed by atoms with Crippen LogP contribution < -0.4 is 0 Å². The molecule has 0 aliphatic heterocycles. The van der Waals surface area contributed by atoms with Gasteiger partial charge in [-0.05, 0) is 12.3 Å². The molecular weight excluding hydrogens is 243 g/mol. The first-order valence-electron chi connectivity index (χ1n) is 3.44. The molecule has 0 aromatic rings. The summed E-state index contributed by atoms with van der Waals surface area (Å²) in [5, 5.41) is 0. The maximum Gasteiger partial charge on any atom is 0.146 e. The topological polar surface area (TPSA) is 18.5 Å². The van der Waals surface area contributed by atoms with Crippen molar-refractivity contribution in [3.63, 3.8) is 0 Å². The molecule has 0 rings (SSSR count). The van der Waals surface area contributed by atoms with Crippen molar-refractivity contribution in [3.05, 3.63) is 0 Å². The van der Waals surface area contributed by atoms with Crippen molar-refractivity contribution >= 4 is 22.6 Å². The summed E-state index contributed by atoms with van der Waals surface area (Å²) in [4.78, 5) is 0. The Morgan fingerprint density at radius 1 is 1.50 bits per heavy atom. The van der Waals surface area contributed by atoms with Gasteiger partial charge in [0, 0.05) is 18.1 Å². The zero-order chi connectivity index (χ0) is 7.82.